The first-order chi connectivity index (χ1) is 7.18. The Labute approximate surface area is 102 Å². The van der Waals surface area contributed by atoms with E-state index in [1.165, 1.54) is 0 Å². The molecule has 1 rings (SSSR count). The molecule has 0 aromatic rings. The van der Waals surface area contributed by atoms with Crippen LogP contribution in [0.2, 0.25) is 0 Å². The predicted octanol–water partition coefficient (Wildman–Crippen LogP) is 0.317. The van der Waals surface area contributed by atoms with Crippen LogP contribution in [0.15, 0.2) is 0 Å². The average Bonchev–Trinajstić information content (AvgIpc) is 2.79. The molecular formula is C8H16ClNO4S2. The highest BCUT2D eigenvalue weighted by Gasteiger charge is 2.42. The lowest BCUT2D eigenvalue weighted by Crippen LogP contribution is -2.34. The summed E-state index contributed by atoms with van der Waals surface area (Å²) in [6.45, 7) is 0.289. The molecule has 16 heavy (non-hydrogen) atoms. The van der Waals surface area contributed by atoms with Crippen LogP contribution < -0.4 is 4.72 Å². The molecule has 0 aromatic heterocycles. The van der Waals surface area contributed by atoms with E-state index in [-0.39, 0.29) is 12.0 Å². The largest absolute Gasteiger partial charge is 0.228 e. The maximum atomic E-state index is 11.4. The lowest BCUT2D eigenvalue weighted by Gasteiger charge is -2.14. The molecule has 8 heteroatoms. The summed E-state index contributed by atoms with van der Waals surface area (Å²) in [7, 11) is -7.25. The van der Waals surface area contributed by atoms with Crippen molar-refractivity contribution in [3.63, 3.8) is 0 Å². The summed E-state index contributed by atoms with van der Waals surface area (Å²) in [5, 5.41) is -0.850. The standard InChI is InChI=1S/C8H16ClNO4S2/c1-15(11,12)7-16(13,14)10-6-8(2-3-8)4-5-9/h10H,2-7H2,1H3. The lowest BCUT2D eigenvalue weighted by molar-refractivity contribution is 0.479. The number of sulfone groups is 1. The first kappa shape index (κ1) is 14.2. The monoisotopic (exact) mass is 289 g/mol. The number of rotatable bonds is 7. The summed E-state index contributed by atoms with van der Waals surface area (Å²) in [6.07, 6.45) is 3.55. The second-order valence-electron chi connectivity index (χ2n) is 4.42. The minimum atomic E-state index is -3.73. The van der Waals surface area contributed by atoms with Gasteiger partial charge in [0, 0.05) is 18.7 Å². The van der Waals surface area contributed by atoms with Crippen molar-refractivity contribution >= 4 is 31.5 Å². The van der Waals surface area contributed by atoms with Crippen molar-refractivity contribution in [2.24, 2.45) is 5.41 Å². The zero-order valence-corrected chi connectivity index (χ0v) is 11.5. The number of hydrogen-bond acceptors (Lipinski definition) is 4. The first-order valence-corrected chi connectivity index (χ1v) is 9.14. The van der Waals surface area contributed by atoms with Crippen molar-refractivity contribution in [1.29, 1.82) is 0 Å². The molecule has 1 N–H and O–H groups in total. The second kappa shape index (κ2) is 4.80. The maximum Gasteiger partial charge on any atom is 0.226 e. The third-order valence-electron chi connectivity index (χ3n) is 2.62. The molecule has 0 spiro atoms. The van der Waals surface area contributed by atoms with E-state index in [1.54, 1.807) is 0 Å². The van der Waals surface area contributed by atoms with Gasteiger partial charge in [-0.1, -0.05) is 0 Å². The van der Waals surface area contributed by atoms with Gasteiger partial charge in [0.2, 0.25) is 10.0 Å². The normalized spacial score (nSPS) is 19.6. The van der Waals surface area contributed by atoms with Gasteiger partial charge in [0.25, 0.3) is 0 Å². The van der Waals surface area contributed by atoms with Crippen molar-refractivity contribution in [3.8, 4) is 0 Å². The molecule has 96 valence electrons. The lowest BCUT2D eigenvalue weighted by atomic mass is 10.1. The third kappa shape index (κ3) is 4.99. The molecule has 1 aliphatic carbocycles. The highest BCUT2D eigenvalue weighted by Crippen LogP contribution is 2.48. The Morgan fingerprint density at radius 3 is 2.19 bits per heavy atom. The van der Waals surface area contributed by atoms with Gasteiger partial charge in [0.15, 0.2) is 14.9 Å². The highest BCUT2D eigenvalue weighted by atomic mass is 35.5. The van der Waals surface area contributed by atoms with Crippen molar-refractivity contribution in [3.05, 3.63) is 0 Å². The minimum absolute atomic E-state index is 0.0354. The van der Waals surface area contributed by atoms with Gasteiger partial charge in [-0.05, 0) is 24.7 Å². The fraction of sp³-hybridized carbons (Fsp3) is 1.00. The van der Waals surface area contributed by atoms with Crippen LogP contribution in [0.1, 0.15) is 19.3 Å². The molecule has 1 fully saturated rings. The molecule has 1 saturated carbocycles. The minimum Gasteiger partial charge on any atom is -0.228 e. The van der Waals surface area contributed by atoms with Gasteiger partial charge in [0.05, 0.1) is 0 Å². The molecule has 5 nitrogen and oxygen atoms in total. The number of halogens is 1. The number of sulfonamides is 1. The molecule has 0 amide bonds. The van der Waals surface area contributed by atoms with Gasteiger partial charge in [-0.3, -0.25) is 0 Å². The molecule has 0 heterocycles. The predicted molar refractivity (Wildman–Crippen MR) is 63.6 cm³/mol. The fourth-order valence-electron chi connectivity index (χ4n) is 1.48. The topological polar surface area (TPSA) is 80.3 Å². The molecule has 0 saturated heterocycles. The molecule has 0 aliphatic heterocycles. The molecule has 0 bridgehead atoms. The quantitative estimate of drug-likeness (QED) is 0.684. The van der Waals surface area contributed by atoms with E-state index >= 15 is 0 Å². The van der Waals surface area contributed by atoms with Gasteiger partial charge in [-0.15, -0.1) is 11.6 Å². The van der Waals surface area contributed by atoms with Crippen molar-refractivity contribution in [2.45, 2.75) is 19.3 Å². The van der Waals surface area contributed by atoms with Crippen LogP contribution >= 0.6 is 11.6 Å². The van der Waals surface area contributed by atoms with Crippen LogP contribution in [-0.4, -0.2) is 40.6 Å². The number of hydrogen-bond donors (Lipinski definition) is 1. The van der Waals surface area contributed by atoms with Crippen molar-refractivity contribution < 1.29 is 16.8 Å². The molecule has 0 aromatic carbocycles. The van der Waals surface area contributed by atoms with Gasteiger partial charge < -0.3 is 0 Å². The Balaban J connectivity index is 2.49. The summed E-state index contributed by atoms with van der Waals surface area (Å²) in [6, 6.07) is 0. The molecule has 1 aliphatic rings. The SMILES string of the molecule is CS(=O)(=O)CS(=O)(=O)NCC1(CCCl)CC1. The highest BCUT2D eigenvalue weighted by molar-refractivity contribution is 8.06. The third-order valence-corrected chi connectivity index (χ3v) is 6.35. The zero-order valence-electron chi connectivity index (χ0n) is 9.07. The second-order valence-corrected chi connectivity index (χ2v) is 9.11. The number of alkyl halides is 1. The molecule has 0 radical (unpaired) electrons. The Morgan fingerprint density at radius 2 is 1.81 bits per heavy atom. The van der Waals surface area contributed by atoms with E-state index in [1.807, 2.05) is 0 Å². The molecule has 0 atom stereocenters. The van der Waals surface area contributed by atoms with Gasteiger partial charge in [0.1, 0.15) is 0 Å². The van der Waals surface area contributed by atoms with Crippen LogP contribution in [0.4, 0.5) is 0 Å². The van der Waals surface area contributed by atoms with Crippen LogP contribution in [-0.2, 0) is 19.9 Å². The number of nitrogens with one attached hydrogen (secondary N) is 1. The Kier molecular flexibility index (Phi) is 4.26. The summed E-state index contributed by atoms with van der Waals surface area (Å²) < 4.78 is 46.9. The van der Waals surface area contributed by atoms with E-state index in [0.717, 1.165) is 25.5 Å². The maximum absolute atomic E-state index is 11.4. The van der Waals surface area contributed by atoms with Crippen LogP contribution in [0.25, 0.3) is 0 Å². The van der Waals surface area contributed by atoms with E-state index in [4.69, 9.17) is 11.6 Å². The summed E-state index contributed by atoms with van der Waals surface area (Å²) >= 11 is 5.61. The summed E-state index contributed by atoms with van der Waals surface area (Å²) in [5.41, 5.74) is -0.0354. The van der Waals surface area contributed by atoms with E-state index in [9.17, 15) is 16.8 Å². The average molecular weight is 290 g/mol. The van der Waals surface area contributed by atoms with Gasteiger partial charge in [-0.25, -0.2) is 21.6 Å². The Hall–Kier alpha value is 0.150. The van der Waals surface area contributed by atoms with E-state index < -0.39 is 24.9 Å². The van der Waals surface area contributed by atoms with E-state index in [0.29, 0.717) is 5.88 Å². The Bertz CT molecular complexity index is 439. The van der Waals surface area contributed by atoms with Crippen LogP contribution in [0.3, 0.4) is 0 Å². The Morgan fingerprint density at radius 1 is 1.25 bits per heavy atom. The van der Waals surface area contributed by atoms with Crippen molar-refractivity contribution in [1.82, 2.24) is 4.72 Å². The summed E-state index contributed by atoms with van der Waals surface area (Å²) in [5.74, 6) is 0.494. The van der Waals surface area contributed by atoms with Gasteiger partial charge in [-0.2, -0.15) is 0 Å². The van der Waals surface area contributed by atoms with Crippen LogP contribution in [0, 0.1) is 5.41 Å². The zero-order chi connectivity index (χ0) is 12.4. The first-order valence-electron chi connectivity index (χ1n) is 4.89. The summed E-state index contributed by atoms with van der Waals surface area (Å²) in [4.78, 5) is 0. The van der Waals surface area contributed by atoms with Crippen molar-refractivity contribution in [2.75, 3.05) is 23.8 Å². The van der Waals surface area contributed by atoms with Crippen LogP contribution in [0.5, 0.6) is 0 Å². The fourth-order valence-corrected chi connectivity index (χ4v) is 4.99. The smallest absolute Gasteiger partial charge is 0.226 e. The molecular weight excluding hydrogens is 274 g/mol. The van der Waals surface area contributed by atoms with Gasteiger partial charge >= 0.3 is 0 Å². The molecule has 0 unspecified atom stereocenters. The van der Waals surface area contributed by atoms with E-state index in [2.05, 4.69) is 4.72 Å².